The van der Waals surface area contributed by atoms with E-state index < -0.39 is 28.5 Å². The molecule has 0 fully saturated rings. The molecule has 0 bridgehead atoms. The monoisotopic (exact) mass is 557 g/mol. The molecule has 2 aromatic carbocycles. The van der Waals surface area contributed by atoms with Crippen LogP contribution in [0.5, 0.6) is 5.75 Å². The van der Waals surface area contributed by atoms with Gasteiger partial charge in [-0.2, -0.15) is 0 Å². The summed E-state index contributed by atoms with van der Waals surface area (Å²) in [4.78, 5) is 28.2. The average molecular weight is 559 g/mol. The average Bonchev–Trinajstić information content (AvgIpc) is 2.81. The summed E-state index contributed by atoms with van der Waals surface area (Å²) in [6.45, 7) is 5.64. The topological polar surface area (TPSA) is 96.0 Å². The zero-order valence-corrected chi connectivity index (χ0v) is 23.5. The zero-order valence-electron chi connectivity index (χ0n) is 21.1. The fourth-order valence-corrected chi connectivity index (χ4v) is 4.81. The SMILES string of the molecule is CC[C@@H](C(=O)NCC(C)C)N(Cc1ccccc1Cl)C(=O)CN(c1cc(Cl)ccc1OC)S(C)(=O)=O. The van der Waals surface area contributed by atoms with Crippen LogP contribution in [0.4, 0.5) is 5.69 Å². The molecule has 2 amide bonds. The Morgan fingerprint density at radius 1 is 1.11 bits per heavy atom. The number of halogens is 2. The number of hydrogen-bond acceptors (Lipinski definition) is 5. The molecule has 8 nitrogen and oxygen atoms in total. The smallest absolute Gasteiger partial charge is 0.244 e. The normalized spacial score (nSPS) is 12.2. The highest BCUT2D eigenvalue weighted by molar-refractivity contribution is 7.92. The van der Waals surface area contributed by atoms with Crippen molar-refractivity contribution in [1.29, 1.82) is 0 Å². The highest BCUT2D eigenvalue weighted by atomic mass is 35.5. The number of methoxy groups -OCH3 is 1. The van der Waals surface area contributed by atoms with Crippen LogP contribution >= 0.6 is 23.2 Å². The lowest BCUT2D eigenvalue weighted by Crippen LogP contribution is -2.52. The second-order valence-electron chi connectivity index (χ2n) is 8.76. The first kappa shape index (κ1) is 29.7. The number of nitrogens with zero attached hydrogens (tertiary/aromatic N) is 2. The Balaban J connectivity index is 2.51. The van der Waals surface area contributed by atoms with Crippen molar-refractivity contribution in [2.24, 2.45) is 5.92 Å². The summed E-state index contributed by atoms with van der Waals surface area (Å²) in [7, 11) is -2.54. The minimum atomic E-state index is -3.93. The highest BCUT2D eigenvalue weighted by Gasteiger charge is 2.33. The van der Waals surface area contributed by atoms with Crippen LogP contribution in [-0.2, 0) is 26.2 Å². The molecule has 0 aliphatic carbocycles. The summed E-state index contributed by atoms with van der Waals surface area (Å²) in [5, 5.41) is 3.59. The molecule has 0 spiro atoms. The van der Waals surface area contributed by atoms with Crippen LogP contribution in [0.25, 0.3) is 0 Å². The van der Waals surface area contributed by atoms with Crippen LogP contribution in [0, 0.1) is 5.92 Å². The predicted octanol–water partition coefficient (Wildman–Crippen LogP) is 4.35. The lowest BCUT2D eigenvalue weighted by molar-refractivity contribution is -0.140. The number of hydrogen-bond donors (Lipinski definition) is 1. The molecule has 0 saturated carbocycles. The van der Waals surface area contributed by atoms with E-state index in [9.17, 15) is 18.0 Å². The highest BCUT2D eigenvalue weighted by Crippen LogP contribution is 2.33. The minimum Gasteiger partial charge on any atom is -0.495 e. The number of rotatable bonds is 12. The summed E-state index contributed by atoms with van der Waals surface area (Å²) in [5.41, 5.74) is 0.754. The van der Waals surface area contributed by atoms with Crippen LogP contribution in [-0.4, -0.2) is 57.6 Å². The lowest BCUT2D eigenvalue weighted by Gasteiger charge is -2.33. The number of carbonyl (C=O) groups is 2. The van der Waals surface area contributed by atoms with Gasteiger partial charge in [0.25, 0.3) is 0 Å². The minimum absolute atomic E-state index is 0.0242. The van der Waals surface area contributed by atoms with Crippen molar-refractivity contribution in [3.8, 4) is 5.75 Å². The number of anilines is 1. The van der Waals surface area contributed by atoms with Gasteiger partial charge in [0.15, 0.2) is 0 Å². The molecular weight excluding hydrogens is 525 g/mol. The molecule has 36 heavy (non-hydrogen) atoms. The van der Waals surface area contributed by atoms with Crippen LogP contribution in [0.2, 0.25) is 10.0 Å². The quantitative estimate of drug-likeness (QED) is 0.418. The van der Waals surface area contributed by atoms with E-state index in [4.69, 9.17) is 27.9 Å². The predicted molar refractivity (Wildman–Crippen MR) is 144 cm³/mol. The Morgan fingerprint density at radius 3 is 2.33 bits per heavy atom. The van der Waals surface area contributed by atoms with Crippen molar-refractivity contribution in [3.05, 3.63) is 58.1 Å². The van der Waals surface area contributed by atoms with Gasteiger partial charge in [-0.15, -0.1) is 0 Å². The second-order valence-corrected chi connectivity index (χ2v) is 11.5. The van der Waals surface area contributed by atoms with Crippen LogP contribution in [0.1, 0.15) is 32.8 Å². The third-order valence-electron chi connectivity index (χ3n) is 5.46. The molecule has 11 heteroatoms. The molecule has 198 valence electrons. The molecule has 0 unspecified atom stereocenters. The number of nitrogens with one attached hydrogen (secondary N) is 1. The van der Waals surface area contributed by atoms with Gasteiger partial charge in [-0.25, -0.2) is 8.42 Å². The van der Waals surface area contributed by atoms with Crippen LogP contribution in [0.15, 0.2) is 42.5 Å². The van der Waals surface area contributed by atoms with Gasteiger partial charge in [-0.05, 0) is 42.2 Å². The van der Waals surface area contributed by atoms with Crippen molar-refractivity contribution in [1.82, 2.24) is 10.2 Å². The summed E-state index contributed by atoms with van der Waals surface area (Å²) in [6, 6.07) is 10.7. The van der Waals surface area contributed by atoms with Gasteiger partial charge in [0, 0.05) is 23.1 Å². The van der Waals surface area contributed by atoms with E-state index in [-0.39, 0.29) is 34.8 Å². The molecule has 1 atom stereocenters. The van der Waals surface area contributed by atoms with Crippen molar-refractivity contribution in [2.75, 3.05) is 30.8 Å². The summed E-state index contributed by atoms with van der Waals surface area (Å²) in [6.07, 6.45) is 1.31. The fourth-order valence-electron chi connectivity index (χ4n) is 3.60. The van der Waals surface area contributed by atoms with E-state index in [0.717, 1.165) is 10.6 Å². The maximum absolute atomic E-state index is 13.7. The van der Waals surface area contributed by atoms with Gasteiger partial charge in [-0.1, -0.05) is 62.2 Å². The Morgan fingerprint density at radius 2 is 1.78 bits per heavy atom. The molecule has 0 heterocycles. The molecule has 0 aliphatic rings. The van der Waals surface area contributed by atoms with Gasteiger partial charge < -0.3 is 15.0 Å². The number of ether oxygens (including phenoxy) is 1. The third-order valence-corrected chi connectivity index (χ3v) is 7.19. The van der Waals surface area contributed by atoms with Crippen LogP contribution < -0.4 is 14.4 Å². The molecule has 2 aromatic rings. The molecule has 0 radical (unpaired) electrons. The van der Waals surface area contributed by atoms with Crippen molar-refractivity contribution >= 4 is 50.7 Å². The maximum atomic E-state index is 13.7. The first-order valence-electron chi connectivity index (χ1n) is 11.5. The third kappa shape index (κ3) is 8.01. The van der Waals surface area contributed by atoms with Gasteiger partial charge in [0.1, 0.15) is 18.3 Å². The van der Waals surface area contributed by atoms with Gasteiger partial charge in [-0.3, -0.25) is 13.9 Å². The van der Waals surface area contributed by atoms with Gasteiger partial charge >= 0.3 is 0 Å². The summed E-state index contributed by atoms with van der Waals surface area (Å²) in [5.74, 6) is -0.445. The Labute approximate surface area is 223 Å². The van der Waals surface area contributed by atoms with E-state index in [1.54, 1.807) is 37.3 Å². The van der Waals surface area contributed by atoms with Gasteiger partial charge in [0.05, 0.1) is 19.1 Å². The lowest BCUT2D eigenvalue weighted by atomic mass is 10.1. The number of carbonyl (C=O) groups excluding carboxylic acids is 2. The van der Waals surface area contributed by atoms with Crippen molar-refractivity contribution in [3.63, 3.8) is 0 Å². The van der Waals surface area contributed by atoms with E-state index in [0.29, 0.717) is 23.6 Å². The van der Waals surface area contributed by atoms with Crippen LogP contribution in [0.3, 0.4) is 0 Å². The Hall–Kier alpha value is -2.49. The van der Waals surface area contributed by atoms with E-state index >= 15 is 0 Å². The largest absolute Gasteiger partial charge is 0.495 e. The maximum Gasteiger partial charge on any atom is 0.244 e. The molecule has 0 saturated heterocycles. The molecule has 0 aliphatic heterocycles. The molecule has 0 aromatic heterocycles. The zero-order chi connectivity index (χ0) is 27.0. The number of amides is 2. The second kappa shape index (κ2) is 13.2. The van der Waals surface area contributed by atoms with Crippen molar-refractivity contribution < 1.29 is 22.7 Å². The molecule has 2 rings (SSSR count). The first-order valence-corrected chi connectivity index (χ1v) is 14.1. The van der Waals surface area contributed by atoms with Crippen molar-refractivity contribution in [2.45, 2.75) is 39.8 Å². The number of sulfonamides is 1. The number of benzene rings is 2. The Bertz CT molecular complexity index is 1170. The molecule has 1 N–H and O–H groups in total. The first-order chi connectivity index (χ1) is 16.9. The standard InChI is InChI=1S/C25H33Cl2N3O5S/c1-6-21(25(32)28-14-17(2)3)29(15-18-9-7-8-10-20(18)27)24(31)16-30(36(5,33)34)22-13-19(26)11-12-23(22)35-4/h7-13,17,21H,6,14-16H2,1-5H3,(H,28,32)/t21-/m0/s1. The molecular formula is C25H33Cl2N3O5S. The van der Waals surface area contributed by atoms with E-state index in [1.807, 2.05) is 13.8 Å². The van der Waals surface area contributed by atoms with E-state index in [2.05, 4.69) is 5.32 Å². The van der Waals surface area contributed by atoms with Gasteiger partial charge in [0.2, 0.25) is 21.8 Å². The van der Waals surface area contributed by atoms with E-state index in [1.165, 1.54) is 24.1 Å². The Kier molecular flexibility index (Phi) is 10.9. The summed E-state index contributed by atoms with van der Waals surface area (Å²) >= 11 is 12.5. The fraction of sp³-hybridized carbons (Fsp3) is 0.440. The summed E-state index contributed by atoms with van der Waals surface area (Å²) < 4.78 is 31.8.